The number of aromatic nitrogens is 2. The van der Waals surface area contributed by atoms with E-state index in [2.05, 4.69) is 9.97 Å². The number of carbonyl (C=O) groups excluding carboxylic acids is 1. The van der Waals surface area contributed by atoms with E-state index in [9.17, 15) is 9.18 Å². The zero-order chi connectivity index (χ0) is 13.0. The quantitative estimate of drug-likeness (QED) is 0.776. The number of hydrogen-bond acceptors (Lipinski definition) is 3. The first-order valence-electron chi connectivity index (χ1n) is 5.76. The van der Waals surface area contributed by atoms with Gasteiger partial charge < -0.3 is 0 Å². The Morgan fingerprint density at radius 2 is 2.11 bits per heavy atom. The molecule has 2 rings (SSSR count). The number of halogens is 1. The fraction of sp³-hybridized carbons (Fsp3) is 0.214. The lowest BCUT2D eigenvalue weighted by Crippen LogP contribution is -2.06. The van der Waals surface area contributed by atoms with Crippen LogP contribution in [0.2, 0.25) is 0 Å². The van der Waals surface area contributed by atoms with E-state index in [-0.39, 0.29) is 17.8 Å². The molecule has 0 aliphatic carbocycles. The Kier molecular flexibility index (Phi) is 3.77. The second-order valence-electron chi connectivity index (χ2n) is 4.00. The second-order valence-corrected chi connectivity index (χ2v) is 4.00. The molecule has 92 valence electrons. The van der Waals surface area contributed by atoms with Crippen LogP contribution in [0.25, 0.3) is 0 Å². The summed E-state index contributed by atoms with van der Waals surface area (Å²) in [6.45, 7) is 2.04. The minimum atomic E-state index is -0.504. The predicted octanol–water partition coefficient (Wildman–Crippen LogP) is 2.60. The van der Waals surface area contributed by atoms with E-state index in [1.807, 2.05) is 19.1 Å². The lowest BCUT2D eigenvalue weighted by molar-refractivity contribution is 0.0991. The lowest BCUT2D eigenvalue weighted by Gasteiger charge is -2.02. The van der Waals surface area contributed by atoms with Crippen LogP contribution in [-0.4, -0.2) is 15.8 Å². The minimum Gasteiger partial charge on any atom is -0.294 e. The van der Waals surface area contributed by atoms with Crippen LogP contribution in [0.3, 0.4) is 0 Å². The maximum atomic E-state index is 12.9. The Balaban J connectivity index is 2.11. The van der Waals surface area contributed by atoms with Crippen LogP contribution in [0, 0.1) is 5.82 Å². The summed E-state index contributed by atoms with van der Waals surface area (Å²) >= 11 is 0. The Hall–Kier alpha value is -2.10. The molecule has 0 bridgehead atoms. The van der Waals surface area contributed by atoms with Gasteiger partial charge in [-0.1, -0.05) is 13.0 Å². The number of aryl methyl sites for hydroxylation is 1. The standard InChI is InChI=1S/C14H13FN2O/c1-2-10-3-4-13(17-7-10)6-14(18)11-5-12(15)9-16-8-11/h3-5,7-9H,2,6H2,1H3. The number of pyridine rings is 2. The highest BCUT2D eigenvalue weighted by Crippen LogP contribution is 2.07. The Labute approximate surface area is 105 Å². The minimum absolute atomic E-state index is 0.162. The van der Waals surface area contributed by atoms with Crippen LogP contribution in [0.1, 0.15) is 28.5 Å². The number of ketones is 1. The summed E-state index contributed by atoms with van der Waals surface area (Å²) < 4.78 is 12.9. The summed E-state index contributed by atoms with van der Waals surface area (Å²) in [6, 6.07) is 4.96. The van der Waals surface area contributed by atoms with Crippen molar-refractivity contribution in [1.29, 1.82) is 0 Å². The fourth-order valence-electron chi connectivity index (χ4n) is 1.60. The van der Waals surface area contributed by atoms with E-state index in [0.29, 0.717) is 5.69 Å². The van der Waals surface area contributed by atoms with Gasteiger partial charge in [-0.05, 0) is 24.1 Å². The van der Waals surface area contributed by atoms with Gasteiger partial charge in [0.05, 0.1) is 12.6 Å². The molecule has 0 radical (unpaired) electrons. The van der Waals surface area contributed by atoms with Crippen LogP contribution < -0.4 is 0 Å². The zero-order valence-electron chi connectivity index (χ0n) is 10.1. The van der Waals surface area contributed by atoms with E-state index in [1.165, 1.54) is 12.3 Å². The van der Waals surface area contributed by atoms with Gasteiger partial charge in [-0.15, -0.1) is 0 Å². The van der Waals surface area contributed by atoms with Crippen molar-refractivity contribution in [2.45, 2.75) is 19.8 Å². The maximum absolute atomic E-state index is 12.9. The Morgan fingerprint density at radius 1 is 1.28 bits per heavy atom. The second kappa shape index (κ2) is 5.49. The van der Waals surface area contributed by atoms with E-state index in [1.54, 1.807) is 6.20 Å². The van der Waals surface area contributed by atoms with Gasteiger partial charge in [0.15, 0.2) is 5.78 Å². The SMILES string of the molecule is CCc1ccc(CC(=O)c2cncc(F)c2)nc1. The van der Waals surface area contributed by atoms with Gasteiger partial charge in [0.25, 0.3) is 0 Å². The third kappa shape index (κ3) is 2.97. The highest BCUT2D eigenvalue weighted by Gasteiger charge is 2.09. The number of hydrogen-bond donors (Lipinski definition) is 0. The molecule has 3 nitrogen and oxygen atoms in total. The molecule has 0 saturated heterocycles. The highest BCUT2D eigenvalue weighted by atomic mass is 19.1. The molecule has 0 amide bonds. The van der Waals surface area contributed by atoms with Crippen molar-refractivity contribution in [3.8, 4) is 0 Å². The van der Waals surface area contributed by atoms with Crippen LogP contribution in [-0.2, 0) is 12.8 Å². The van der Waals surface area contributed by atoms with Crippen molar-refractivity contribution >= 4 is 5.78 Å². The smallest absolute Gasteiger partial charge is 0.170 e. The average Bonchev–Trinajstić information content (AvgIpc) is 2.39. The first-order valence-corrected chi connectivity index (χ1v) is 5.76. The molecule has 2 aromatic rings. The highest BCUT2D eigenvalue weighted by molar-refractivity contribution is 5.96. The number of rotatable bonds is 4. The molecule has 0 aromatic carbocycles. The number of nitrogens with zero attached hydrogens (tertiary/aromatic N) is 2. The third-order valence-corrected chi connectivity index (χ3v) is 2.66. The topological polar surface area (TPSA) is 42.9 Å². The molecular formula is C14H13FN2O. The van der Waals surface area contributed by atoms with Crippen molar-refractivity contribution in [3.05, 3.63) is 59.4 Å². The molecule has 0 atom stereocenters. The molecule has 0 aliphatic heterocycles. The molecular weight excluding hydrogens is 231 g/mol. The molecule has 0 saturated carbocycles. The lowest BCUT2D eigenvalue weighted by atomic mass is 10.1. The van der Waals surface area contributed by atoms with Crippen LogP contribution in [0.5, 0.6) is 0 Å². The van der Waals surface area contributed by atoms with Gasteiger partial charge in [-0.25, -0.2) is 4.39 Å². The van der Waals surface area contributed by atoms with Crippen molar-refractivity contribution in [2.75, 3.05) is 0 Å². The monoisotopic (exact) mass is 244 g/mol. The first-order chi connectivity index (χ1) is 8.69. The van der Waals surface area contributed by atoms with Crippen molar-refractivity contribution in [3.63, 3.8) is 0 Å². The van der Waals surface area contributed by atoms with Crippen molar-refractivity contribution < 1.29 is 9.18 Å². The van der Waals surface area contributed by atoms with Crippen LogP contribution in [0.15, 0.2) is 36.8 Å². The van der Waals surface area contributed by atoms with Crippen LogP contribution in [0.4, 0.5) is 4.39 Å². The molecule has 4 heteroatoms. The Bertz CT molecular complexity index is 552. The van der Waals surface area contributed by atoms with Gasteiger partial charge in [0.2, 0.25) is 0 Å². The molecule has 0 aliphatic rings. The number of carbonyl (C=O) groups is 1. The molecule has 2 aromatic heterocycles. The third-order valence-electron chi connectivity index (χ3n) is 2.66. The summed E-state index contributed by atoms with van der Waals surface area (Å²) in [7, 11) is 0. The molecule has 18 heavy (non-hydrogen) atoms. The molecule has 0 spiro atoms. The van der Waals surface area contributed by atoms with Gasteiger partial charge in [0.1, 0.15) is 5.82 Å². The summed E-state index contributed by atoms with van der Waals surface area (Å²) in [5.41, 5.74) is 2.08. The molecule has 0 fully saturated rings. The largest absolute Gasteiger partial charge is 0.294 e. The molecule has 2 heterocycles. The predicted molar refractivity (Wildman–Crippen MR) is 65.8 cm³/mol. The number of Topliss-reactive ketones (excluding diaryl/α,β-unsaturated/α-hetero) is 1. The summed E-state index contributed by atoms with van der Waals surface area (Å²) in [5, 5.41) is 0. The van der Waals surface area contributed by atoms with E-state index in [0.717, 1.165) is 18.2 Å². The van der Waals surface area contributed by atoms with E-state index < -0.39 is 5.82 Å². The van der Waals surface area contributed by atoms with E-state index in [4.69, 9.17) is 0 Å². The fourth-order valence-corrected chi connectivity index (χ4v) is 1.60. The average molecular weight is 244 g/mol. The molecule has 0 unspecified atom stereocenters. The maximum Gasteiger partial charge on any atom is 0.170 e. The summed E-state index contributed by atoms with van der Waals surface area (Å²) in [4.78, 5) is 19.7. The van der Waals surface area contributed by atoms with Gasteiger partial charge in [-0.2, -0.15) is 0 Å². The first kappa shape index (κ1) is 12.4. The van der Waals surface area contributed by atoms with Gasteiger partial charge >= 0.3 is 0 Å². The Morgan fingerprint density at radius 3 is 2.72 bits per heavy atom. The van der Waals surface area contributed by atoms with Crippen molar-refractivity contribution in [2.24, 2.45) is 0 Å². The van der Waals surface area contributed by atoms with Crippen molar-refractivity contribution in [1.82, 2.24) is 9.97 Å². The molecule has 0 N–H and O–H groups in total. The van der Waals surface area contributed by atoms with Gasteiger partial charge in [0, 0.05) is 23.7 Å². The summed E-state index contributed by atoms with van der Waals surface area (Å²) in [5.74, 6) is -0.686. The normalized spacial score (nSPS) is 10.3. The zero-order valence-corrected chi connectivity index (χ0v) is 10.1. The van der Waals surface area contributed by atoms with Gasteiger partial charge in [-0.3, -0.25) is 14.8 Å². The van der Waals surface area contributed by atoms with Crippen LogP contribution >= 0.6 is 0 Å². The van der Waals surface area contributed by atoms with E-state index >= 15 is 0 Å². The summed E-state index contributed by atoms with van der Waals surface area (Å²) in [6.07, 6.45) is 5.27.